The fourth-order valence-electron chi connectivity index (χ4n) is 1.43. The van der Waals surface area contributed by atoms with Crippen molar-refractivity contribution in [3.63, 3.8) is 0 Å². The topological polar surface area (TPSA) is 94.9 Å². The van der Waals surface area contributed by atoms with E-state index < -0.39 is 4.92 Å². The van der Waals surface area contributed by atoms with Gasteiger partial charge in [0.2, 0.25) is 0 Å². The maximum atomic E-state index is 11.0. The number of aromatic nitrogens is 2. The number of nitrogens with zero attached hydrogens (tertiary/aromatic N) is 3. The third kappa shape index (κ3) is 2.23. The zero-order valence-electron chi connectivity index (χ0n) is 8.50. The minimum absolute atomic E-state index is 0.0758. The Hall–Kier alpha value is -2.02. The number of benzene rings is 1. The number of nitro groups is 1. The van der Waals surface area contributed by atoms with Crippen LogP contribution in [0.25, 0.3) is 11.4 Å². The zero-order valence-corrected chi connectivity index (χ0v) is 10.1. The van der Waals surface area contributed by atoms with Crippen molar-refractivity contribution in [1.29, 1.82) is 0 Å². The molecule has 0 radical (unpaired) electrons. The van der Waals surface area contributed by atoms with E-state index in [-0.39, 0.29) is 17.2 Å². The average Bonchev–Trinajstić information content (AvgIpc) is 2.28. The van der Waals surface area contributed by atoms with Crippen LogP contribution in [0.2, 0.25) is 0 Å². The molecule has 17 heavy (non-hydrogen) atoms. The number of rotatable bonds is 2. The summed E-state index contributed by atoms with van der Waals surface area (Å²) in [5.74, 6) is 0.271. The summed E-state index contributed by atoms with van der Waals surface area (Å²) < 4.78 is 0.642. The molecule has 7 heteroatoms. The fourth-order valence-corrected chi connectivity index (χ4v) is 1.91. The van der Waals surface area contributed by atoms with Crippen molar-refractivity contribution in [1.82, 2.24) is 9.97 Å². The van der Waals surface area contributed by atoms with Gasteiger partial charge in [-0.2, -0.15) is 0 Å². The minimum atomic E-state index is -0.534. The van der Waals surface area contributed by atoms with Crippen LogP contribution in [-0.4, -0.2) is 14.9 Å². The predicted octanol–water partition coefficient (Wildman–Crippen LogP) is 2.40. The second kappa shape index (κ2) is 4.46. The van der Waals surface area contributed by atoms with E-state index in [1.54, 1.807) is 12.1 Å². The number of hydrogen-bond donors (Lipinski definition) is 1. The van der Waals surface area contributed by atoms with Gasteiger partial charge in [-0.15, -0.1) is 0 Å². The molecule has 0 aliphatic heterocycles. The van der Waals surface area contributed by atoms with Crippen LogP contribution in [-0.2, 0) is 0 Å². The summed E-state index contributed by atoms with van der Waals surface area (Å²) in [5.41, 5.74) is 5.82. The van der Waals surface area contributed by atoms with Crippen LogP contribution in [0.5, 0.6) is 0 Å². The Bertz CT molecular complexity index is 574. The highest BCUT2D eigenvalue weighted by Crippen LogP contribution is 2.35. The second-order valence-corrected chi connectivity index (χ2v) is 4.14. The van der Waals surface area contributed by atoms with E-state index in [1.165, 1.54) is 18.5 Å². The third-order valence-corrected chi connectivity index (χ3v) is 2.55. The van der Waals surface area contributed by atoms with Crippen LogP contribution in [0.1, 0.15) is 0 Å². The minimum Gasteiger partial charge on any atom is -0.393 e. The highest BCUT2D eigenvalue weighted by molar-refractivity contribution is 9.10. The number of nitro benzene ring substituents is 1. The van der Waals surface area contributed by atoms with E-state index in [9.17, 15) is 10.1 Å². The van der Waals surface area contributed by atoms with E-state index in [2.05, 4.69) is 25.9 Å². The van der Waals surface area contributed by atoms with Gasteiger partial charge in [0.05, 0.1) is 4.92 Å². The molecule has 0 spiro atoms. The highest BCUT2D eigenvalue weighted by Gasteiger charge is 2.21. The van der Waals surface area contributed by atoms with Crippen LogP contribution in [0.4, 0.5) is 11.4 Å². The zero-order chi connectivity index (χ0) is 12.4. The van der Waals surface area contributed by atoms with Crippen LogP contribution in [0.3, 0.4) is 0 Å². The summed E-state index contributed by atoms with van der Waals surface area (Å²) >= 11 is 3.24. The summed E-state index contributed by atoms with van der Waals surface area (Å²) in [7, 11) is 0. The lowest BCUT2D eigenvalue weighted by atomic mass is 10.1. The summed E-state index contributed by atoms with van der Waals surface area (Å²) in [6, 6.07) is 4.69. The molecule has 2 N–H and O–H groups in total. The normalized spacial score (nSPS) is 10.2. The van der Waals surface area contributed by atoms with Crippen molar-refractivity contribution in [3.8, 4) is 11.4 Å². The number of anilines is 1. The van der Waals surface area contributed by atoms with E-state index in [0.717, 1.165) is 0 Å². The van der Waals surface area contributed by atoms with Gasteiger partial charge in [0.25, 0.3) is 0 Å². The van der Waals surface area contributed by atoms with Gasteiger partial charge in [0.15, 0.2) is 5.82 Å². The van der Waals surface area contributed by atoms with Crippen molar-refractivity contribution in [2.75, 3.05) is 5.73 Å². The first-order valence-electron chi connectivity index (χ1n) is 4.60. The lowest BCUT2D eigenvalue weighted by Gasteiger charge is -2.04. The van der Waals surface area contributed by atoms with Crippen molar-refractivity contribution in [2.45, 2.75) is 0 Å². The molecule has 0 unspecified atom stereocenters. The first kappa shape index (κ1) is 11.5. The molecule has 0 fully saturated rings. The van der Waals surface area contributed by atoms with Crippen LogP contribution in [0.15, 0.2) is 35.1 Å². The molecule has 0 saturated carbocycles. The second-order valence-electron chi connectivity index (χ2n) is 3.22. The average molecular weight is 295 g/mol. The molecule has 0 bridgehead atoms. The Morgan fingerprint density at radius 2 is 1.94 bits per heavy atom. The quantitative estimate of drug-likeness (QED) is 0.521. The molecular weight excluding hydrogens is 288 g/mol. The monoisotopic (exact) mass is 294 g/mol. The fraction of sp³-hybridized carbons (Fsp3) is 0. The third-order valence-electron chi connectivity index (χ3n) is 2.09. The molecule has 0 saturated heterocycles. The van der Waals surface area contributed by atoms with Gasteiger partial charge in [0, 0.05) is 16.9 Å². The molecule has 0 aliphatic carbocycles. The van der Waals surface area contributed by atoms with Crippen LogP contribution in [0, 0.1) is 10.1 Å². The molecule has 0 atom stereocenters. The number of nitrogen functional groups attached to an aromatic ring is 1. The van der Waals surface area contributed by atoms with Crippen LogP contribution < -0.4 is 5.73 Å². The molecule has 86 valence electrons. The van der Waals surface area contributed by atoms with Gasteiger partial charge in [-0.25, -0.2) is 9.97 Å². The van der Waals surface area contributed by atoms with E-state index >= 15 is 0 Å². The van der Waals surface area contributed by atoms with Crippen LogP contribution >= 0.6 is 15.9 Å². The summed E-state index contributed by atoms with van der Waals surface area (Å²) in [5, 5.41) is 11.0. The van der Waals surface area contributed by atoms with Gasteiger partial charge >= 0.3 is 5.69 Å². The lowest BCUT2D eigenvalue weighted by molar-refractivity contribution is -0.383. The summed E-state index contributed by atoms with van der Waals surface area (Å²) in [6.45, 7) is 0. The van der Waals surface area contributed by atoms with Gasteiger partial charge in [-0.3, -0.25) is 10.1 Å². The Balaban J connectivity index is 2.72. The highest BCUT2D eigenvalue weighted by atomic mass is 79.9. The SMILES string of the molecule is Nc1cc(Br)cc(-c2ncccn2)c1[N+](=O)[O-]. The Morgan fingerprint density at radius 1 is 1.29 bits per heavy atom. The molecule has 0 aliphatic rings. The Morgan fingerprint density at radius 3 is 2.53 bits per heavy atom. The molecule has 2 rings (SSSR count). The summed E-state index contributed by atoms with van der Waals surface area (Å²) in [6.07, 6.45) is 3.03. The Labute approximate surface area is 105 Å². The van der Waals surface area contributed by atoms with Gasteiger partial charge < -0.3 is 5.73 Å². The first-order chi connectivity index (χ1) is 8.09. The lowest BCUT2D eigenvalue weighted by Crippen LogP contribution is -2.00. The maximum absolute atomic E-state index is 11.0. The largest absolute Gasteiger partial charge is 0.393 e. The molecular formula is C10H7BrN4O2. The van der Waals surface area contributed by atoms with E-state index in [1.807, 2.05) is 0 Å². The van der Waals surface area contributed by atoms with Crippen molar-refractivity contribution >= 4 is 27.3 Å². The van der Waals surface area contributed by atoms with Crippen molar-refractivity contribution in [3.05, 3.63) is 45.2 Å². The van der Waals surface area contributed by atoms with Gasteiger partial charge in [-0.1, -0.05) is 15.9 Å². The number of halogens is 1. The molecule has 2 aromatic rings. The van der Waals surface area contributed by atoms with E-state index in [0.29, 0.717) is 10.0 Å². The molecule has 1 heterocycles. The number of hydrogen-bond acceptors (Lipinski definition) is 5. The standard InChI is InChI=1S/C10H7BrN4O2/c11-6-4-7(10-13-2-1-3-14-10)9(15(16)17)8(12)5-6/h1-5H,12H2. The van der Waals surface area contributed by atoms with Gasteiger partial charge in [0.1, 0.15) is 11.3 Å². The predicted molar refractivity (Wildman–Crippen MR) is 66.2 cm³/mol. The molecule has 0 amide bonds. The maximum Gasteiger partial charge on any atom is 0.303 e. The first-order valence-corrected chi connectivity index (χ1v) is 5.39. The molecule has 1 aromatic carbocycles. The van der Waals surface area contributed by atoms with Crippen molar-refractivity contribution in [2.24, 2.45) is 0 Å². The van der Waals surface area contributed by atoms with Crippen molar-refractivity contribution < 1.29 is 4.92 Å². The Kier molecular flexibility index (Phi) is 3.01. The van der Waals surface area contributed by atoms with Gasteiger partial charge in [-0.05, 0) is 18.2 Å². The summed E-state index contributed by atoms with van der Waals surface area (Å²) in [4.78, 5) is 18.4. The molecule has 6 nitrogen and oxygen atoms in total. The number of nitrogens with two attached hydrogens (primary N) is 1. The smallest absolute Gasteiger partial charge is 0.303 e. The van der Waals surface area contributed by atoms with E-state index in [4.69, 9.17) is 5.73 Å². The molecule has 1 aromatic heterocycles.